The summed E-state index contributed by atoms with van der Waals surface area (Å²) in [7, 11) is 0. The quantitative estimate of drug-likeness (QED) is 0.726. The van der Waals surface area contributed by atoms with E-state index in [1.807, 2.05) is 29.7 Å². The minimum absolute atomic E-state index is 0.596. The maximum Gasteiger partial charge on any atom is 0.177 e. The number of rotatable bonds is 2. The number of hydrogen-bond donors (Lipinski definition) is 0. The number of nitrogens with zero attached hydrogens (tertiary/aromatic N) is 6. The van der Waals surface area contributed by atoms with Crippen LogP contribution in [0.15, 0.2) is 24.7 Å². The lowest BCUT2D eigenvalue weighted by Crippen LogP contribution is -2.33. The Morgan fingerprint density at radius 2 is 2.10 bits per heavy atom. The van der Waals surface area contributed by atoms with Crippen LogP contribution in [0.1, 0.15) is 28.6 Å². The minimum atomic E-state index is 0.596. The van der Waals surface area contributed by atoms with Crippen LogP contribution in [-0.2, 0) is 0 Å². The van der Waals surface area contributed by atoms with Crippen LogP contribution in [0.2, 0.25) is 0 Å². The minimum Gasteiger partial charge on any atom is -0.355 e. The molecule has 0 radical (unpaired) electrons. The molecule has 0 bridgehead atoms. The lowest BCUT2D eigenvalue weighted by molar-refractivity contribution is 0.499. The van der Waals surface area contributed by atoms with Crippen molar-refractivity contribution in [3.8, 4) is 0 Å². The molecule has 4 rings (SSSR count). The lowest BCUT2D eigenvalue weighted by atomic mass is 9.97. The van der Waals surface area contributed by atoms with Crippen LogP contribution in [-0.4, -0.2) is 37.9 Å². The van der Waals surface area contributed by atoms with Crippen molar-refractivity contribution in [2.75, 3.05) is 18.0 Å². The summed E-state index contributed by atoms with van der Waals surface area (Å²) < 4.78 is 1.73. The molecule has 3 aromatic heterocycles. The first-order valence-corrected chi connectivity index (χ1v) is 7.95. The molecule has 0 spiro atoms. The number of fused-ring (bicyclic) bond motifs is 1. The SMILES string of the molecule is Cc1cnc(C2CCN(c3ccc4nncn4n3)CC2)s1. The first-order valence-electron chi connectivity index (χ1n) is 7.14. The monoisotopic (exact) mass is 300 g/mol. The zero-order chi connectivity index (χ0) is 14.2. The van der Waals surface area contributed by atoms with Crippen molar-refractivity contribution < 1.29 is 0 Å². The molecule has 0 amide bonds. The maximum absolute atomic E-state index is 4.57. The molecule has 7 heteroatoms. The van der Waals surface area contributed by atoms with E-state index in [1.54, 1.807) is 10.8 Å². The van der Waals surface area contributed by atoms with E-state index in [1.165, 1.54) is 9.88 Å². The van der Waals surface area contributed by atoms with Crippen LogP contribution < -0.4 is 4.90 Å². The molecule has 108 valence electrons. The molecule has 0 atom stereocenters. The van der Waals surface area contributed by atoms with Crippen molar-refractivity contribution in [2.24, 2.45) is 0 Å². The van der Waals surface area contributed by atoms with Gasteiger partial charge in [-0.05, 0) is 31.9 Å². The Morgan fingerprint density at radius 3 is 2.86 bits per heavy atom. The van der Waals surface area contributed by atoms with E-state index in [0.29, 0.717) is 5.92 Å². The highest BCUT2D eigenvalue weighted by Crippen LogP contribution is 2.32. The zero-order valence-electron chi connectivity index (χ0n) is 11.8. The molecule has 0 saturated carbocycles. The molecule has 0 aromatic carbocycles. The van der Waals surface area contributed by atoms with Gasteiger partial charge in [0, 0.05) is 30.1 Å². The summed E-state index contributed by atoms with van der Waals surface area (Å²) in [4.78, 5) is 8.16. The molecule has 1 saturated heterocycles. The van der Waals surface area contributed by atoms with Crippen molar-refractivity contribution in [1.29, 1.82) is 0 Å². The summed E-state index contributed by atoms with van der Waals surface area (Å²) in [6, 6.07) is 3.99. The van der Waals surface area contributed by atoms with E-state index in [0.717, 1.165) is 37.4 Å². The number of piperidine rings is 1. The Balaban J connectivity index is 1.49. The Labute approximate surface area is 126 Å². The van der Waals surface area contributed by atoms with Gasteiger partial charge in [-0.1, -0.05) is 0 Å². The van der Waals surface area contributed by atoms with Crippen molar-refractivity contribution in [3.63, 3.8) is 0 Å². The van der Waals surface area contributed by atoms with Crippen molar-refractivity contribution in [2.45, 2.75) is 25.7 Å². The first kappa shape index (κ1) is 12.7. The average Bonchev–Trinajstić information content (AvgIpc) is 3.15. The van der Waals surface area contributed by atoms with Gasteiger partial charge >= 0.3 is 0 Å². The molecule has 0 N–H and O–H groups in total. The molecule has 1 aliphatic rings. The maximum atomic E-state index is 4.57. The standard InChI is InChI=1S/C14H16N6S/c1-10-8-15-14(21-10)11-4-6-19(7-5-11)13-3-2-12-17-16-9-20(12)18-13/h2-3,8-9,11H,4-7H2,1H3. The van der Waals surface area contributed by atoms with Crippen molar-refractivity contribution >= 4 is 22.8 Å². The van der Waals surface area contributed by atoms with E-state index in [9.17, 15) is 0 Å². The fourth-order valence-corrected chi connectivity index (χ4v) is 3.75. The first-order chi connectivity index (χ1) is 10.3. The number of hydrogen-bond acceptors (Lipinski definition) is 6. The van der Waals surface area contributed by atoms with Crippen molar-refractivity contribution in [1.82, 2.24) is 24.8 Å². The van der Waals surface area contributed by atoms with Crippen LogP contribution in [0.3, 0.4) is 0 Å². The van der Waals surface area contributed by atoms with Crippen LogP contribution in [0.5, 0.6) is 0 Å². The van der Waals surface area contributed by atoms with Gasteiger partial charge in [0.05, 0.1) is 5.01 Å². The highest BCUT2D eigenvalue weighted by atomic mass is 32.1. The van der Waals surface area contributed by atoms with Crippen LogP contribution >= 0.6 is 11.3 Å². The Bertz CT molecular complexity index is 756. The Kier molecular flexibility index (Phi) is 3.07. The van der Waals surface area contributed by atoms with E-state index in [4.69, 9.17) is 0 Å². The number of aromatic nitrogens is 5. The molecule has 0 aliphatic carbocycles. The Hall–Kier alpha value is -2.02. The molecule has 0 unspecified atom stereocenters. The third-order valence-electron chi connectivity index (χ3n) is 3.95. The molecule has 1 aliphatic heterocycles. The van der Waals surface area contributed by atoms with E-state index >= 15 is 0 Å². The van der Waals surface area contributed by atoms with Gasteiger partial charge in [0.15, 0.2) is 5.65 Å². The second kappa shape index (κ2) is 5.07. The second-order valence-corrected chi connectivity index (χ2v) is 6.66. The summed E-state index contributed by atoms with van der Waals surface area (Å²) >= 11 is 1.83. The van der Waals surface area contributed by atoms with E-state index in [2.05, 4.69) is 32.1 Å². The predicted molar refractivity (Wildman–Crippen MR) is 81.8 cm³/mol. The fourth-order valence-electron chi connectivity index (χ4n) is 2.80. The fraction of sp³-hybridized carbons (Fsp3) is 0.429. The van der Waals surface area contributed by atoms with Gasteiger partial charge in [-0.3, -0.25) is 0 Å². The van der Waals surface area contributed by atoms with Crippen molar-refractivity contribution in [3.05, 3.63) is 34.5 Å². The summed E-state index contributed by atoms with van der Waals surface area (Å²) in [5.74, 6) is 1.59. The van der Waals surface area contributed by atoms with Gasteiger partial charge in [0.25, 0.3) is 0 Å². The van der Waals surface area contributed by atoms with Gasteiger partial charge in [0.2, 0.25) is 0 Å². The molecule has 21 heavy (non-hydrogen) atoms. The normalized spacial score (nSPS) is 16.7. The van der Waals surface area contributed by atoms with Crippen LogP contribution in [0.4, 0.5) is 5.82 Å². The van der Waals surface area contributed by atoms with E-state index in [-0.39, 0.29) is 0 Å². The molecular formula is C14H16N6S. The number of anilines is 1. The molecule has 4 heterocycles. The van der Waals surface area contributed by atoms with Gasteiger partial charge in [0.1, 0.15) is 12.1 Å². The smallest absolute Gasteiger partial charge is 0.177 e. The van der Waals surface area contributed by atoms with E-state index < -0.39 is 0 Å². The molecule has 6 nitrogen and oxygen atoms in total. The average molecular weight is 300 g/mol. The summed E-state index contributed by atoms with van der Waals surface area (Å²) in [5.41, 5.74) is 0.784. The van der Waals surface area contributed by atoms with Gasteiger partial charge in [-0.25, -0.2) is 4.98 Å². The van der Waals surface area contributed by atoms with Crippen LogP contribution in [0, 0.1) is 6.92 Å². The summed E-state index contributed by atoms with van der Waals surface area (Å²) in [6.45, 7) is 4.16. The lowest BCUT2D eigenvalue weighted by Gasteiger charge is -2.31. The third-order valence-corrected chi connectivity index (χ3v) is 5.03. The van der Waals surface area contributed by atoms with Crippen LogP contribution in [0.25, 0.3) is 5.65 Å². The largest absolute Gasteiger partial charge is 0.355 e. The summed E-state index contributed by atoms with van der Waals surface area (Å²) in [5, 5.41) is 13.7. The second-order valence-electron chi connectivity index (χ2n) is 5.40. The topological polar surface area (TPSA) is 59.2 Å². The molecular weight excluding hydrogens is 284 g/mol. The van der Waals surface area contributed by atoms with Gasteiger partial charge in [-0.2, -0.15) is 4.52 Å². The highest BCUT2D eigenvalue weighted by molar-refractivity contribution is 7.11. The number of aryl methyl sites for hydroxylation is 1. The van der Waals surface area contributed by atoms with Gasteiger partial charge < -0.3 is 4.90 Å². The molecule has 3 aromatic rings. The number of thiazole rings is 1. The van der Waals surface area contributed by atoms with Gasteiger partial charge in [-0.15, -0.1) is 26.6 Å². The highest BCUT2D eigenvalue weighted by Gasteiger charge is 2.23. The predicted octanol–water partition coefficient (Wildman–Crippen LogP) is 2.27. The Morgan fingerprint density at radius 1 is 1.24 bits per heavy atom. The molecule has 1 fully saturated rings. The third kappa shape index (κ3) is 2.37. The summed E-state index contributed by atoms with van der Waals surface area (Å²) in [6.07, 6.45) is 5.89. The zero-order valence-corrected chi connectivity index (χ0v) is 12.6.